The zero-order valence-electron chi connectivity index (χ0n) is 19.1. The summed E-state index contributed by atoms with van der Waals surface area (Å²) in [7, 11) is 5.22. The molecule has 32 heavy (non-hydrogen) atoms. The lowest BCUT2D eigenvalue weighted by Crippen LogP contribution is -2.38. The van der Waals surface area contributed by atoms with Gasteiger partial charge < -0.3 is 24.5 Å². The van der Waals surface area contributed by atoms with Gasteiger partial charge in [0.2, 0.25) is 5.88 Å². The summed E-state index contributed by atoms with van der Waals surface area (Å²) in [6.45, 7) is 3.90. The third-order valence-corrected chi connectivity index (χ3v) is 4.95. The number of hydrogen-bond donors (Lipinski definition) is 2. The molecule has 3 rings (SSSR count). The number of methoxy groups -OCH3 is 2. The number of halogens is 1. The minimum atomic E-state index is 0. The fourth-order valence-electron chi connectivity index (χ4n) is 3.33. The molecular weight excluding hydrogens is 521 g/mol. The molecule has 0 spiro atoms. The van der Waals surface area contributed by atoms with Crippen LogP contribution in [-0.4, -0.2) is 36.5 Å². The van der Waals surface area contributed by atoms with Crippen molar-refractivity contribution in [1.29, 1.82) is 0 Å². The van der Waals surface area contributed by atoms with Crippen molar-refractivity contribution >= 4 is 29.9 Å². The van der Waals surface area contributed by atoms with Crippen LogP contribution in [0.4, 0.5) is 0 Å². The van der Waals surface area contributed by atoms with Crippen molar-refractivity contribution in [3.63, 3.8) is 0 Å². The molecular formula is C23H32IN5O3. The van der Waals surface area contributed by atoms with Gasteiger partial charge in [0.1, 0.15) is 11.5 Å². The Morgan fingerprint density at radius 1 is 1.12 bits per heavy atom. The molecule has 0 aliphatic heterocycles. The fourth-order valence-corrected chi connectivity index (χ4v) is 3.33. The zero-order valence-corrected chi connectivity index (χ0v) is 21.4. The molecule has 0 saturated heterocycles. The second-order valence-corrected chi connectivity index (χ2v) is 7.03. The number of ether oxygens (including phenoxy) is 2. The standard InChI is InChI=1S/C23H31N5O3.HI/c1-5-21-20(22(30-4)28(2)27-21)16-26-23(24-13-12-19-7-6-14-31-19)25-15-17-8-10-18(29-3)11-9-17;/h6-11,14H,5,12-13,15-16H2,1-4H3,(H2,24,25,26);1H. The topological polar surface area (TPSA) is 85.8 Å². The maximum Gasteiger partial charge on any atom is 0.216 e. The molecule has 0 saturated carbocycles. The molecule has 0 atom stereocenters. The second-order valence-electron chi connectivity index (χ2n) is 7.03. The number of rotatable bonds is 10. The van der Waals surface area contributed by atoms with E-state index in [0.717, 1.165) is 53.0 Å². The first-order valence-electron chi connectivity index (χ1n) is 10.4. The highest BCUT2D eigenvalue weighted by molar-refractivity contribution is 14.0. The first kappa shape index (κ1) is 25.6. The zero-order chi connectivity index (χ0) is 22.1. The molecule has 9 heteroatoms. The molecule has 0 aliphatic carbocycles. The lowest BCUT2D eigenvalue weighted by Gasteiger charge is -2.13. The number of aromatic nitrogens is 2. The molecule has 0 radical (unpaired) electrons. The van der Waals surface area contributed by atoms with Gasteiger partial charge in [-0.3, -0.25) is 0 Å². The Balaban J connectivity index is 0.00000363. The third-order valence-electron chi connectivity index (χ3n) is 4.95. The Hall–Kier alpha value is -2.69. The molecule has 8 nitrogen and oxygen atoms in total. The number of furan rings is 1. The summed E-state index contributed by atoms with van der Waals surface area (Å²) in [5.41, 5.74) is 3.15. The summed E-state index contributed by atoms with van der Waals surface area (Å²) >= 11 is 0. The van der Waals surface area contributed by atoms with Crippen molar-refractivity contribution < 1.29 is 13.9 Å². The monoisotopic (exact) mass is 553 g/mol. The number of aryl methyl sites for hydroxylation is 2. The van der Waals surface area contributed by atoms with Crippen molar-refractivity contribution in [2.45, 2.75) is 32.9 Å². The van der Waals surface area contributed by atoms with E-state index in [0.29, 0.717) is 19.6 Å². The molecule has 0 fully saturated rings. The van der Waals surface area contributed by atoms with E-state index in [1.807, 2.05) is 43.4 Å². The van der Waals surface area contributed by atoms with Crippen LogP contribution in [0.15, 0.2) is 52.1 Å². The van der Waals surface area contributed by atoms with Crippen LogP contribution in [0.3, 0.4) is 0 Å². The summed E-state index contributed by atoms with van der Waals surface area (Å²) in [5.74, 6) is 3.24. The number of nitrogens with one attached hydrogen (secondary N) is 2. The van der Waals surface area contributed by atoms with Crippen molar-refractivity contribution in [3.8, 4) is 11.6 Å². The van der Waals surface area contributed by atoms with Gasteiger partial charge in [-0.1, -0.05) is 19.1 Å². The number of nitrogens with zero attached hydrogens (tertiary/aromatic N) is 3. The first-order chi connectivity index (χ1) is 15.1. The summed E-state index contributed by atoms with van der Waals surface area (Å²) in [6, 6.07) is 11.8. The number of hydrogen-bond acceptors (Lipinski definition) is 5. The maximum absolute atomic E-state index is 5.55. The highest BCUT2D eigenvalue weighted by Crippen LogP contribution is 2.21. The molecule has 0 amide bonds. The van der Waals surface area contributed by atoms with Crippen LogP contribution in [0, 0.1) is 0 Å². The SMILES string of the molecule is CCc1nn(C)c(OC)c1CNC(=NCc1ccc(OC)cc1)NCCc1ccco1.I. The highest BCUT2D eigenvalue weighted by Gasteiger charge is 2.16. The predicted molar refractivity (Wildman–Crippen MR) is 136 cm³/mol. The van der Waals surface area contributed by atoms with Gasteiger partial charge in [0.05, 0.1) is 44.8 Å². The largest absolute Gasteiger partial charge is 0.497 e. The van der Waals surface area contributed by atoms with Crippen LogP contribution in [0.1, 0.15) is 29.5 Å². The second kappa shape index (κ2) is 13.0. The minimum Gasteiger partial charge on any atom is -0.497 e. The van der Waals surface area contributed by atoms with Crippen LogP contribution in [-0.2, 0) is 33.0 Å². The molecule has 0 unspecified atom stereocenters. The van der Waals surface area contributed by atoms with Crippen LogP contribution >= 0.6 is 24.0 Å². The summed E-state index contributed by atoms with van der Waals surface area (Å²) in [5, 5.41) is 11.4. The van der Waals surface area contributed by atoms with E-state index in [4.69, 9.17) is 18.9 Å². The molecule has 3 aromatic rings. The Labute approximate surface area is 206 Å². The Morgan fingerprint density at radius 3 is 2.53 bits per heavy atom. The van der Waals surface area contributed by atoms with Gasteiger partial charge in [-0.15, -0.1) is 24.0 Å². The van der Waals surface area contributed by atoms with E-state index < -0.39 is 0 Å². The number of aliphatic imine (C=N–C) groups is 1. The average Bonchev–Trinajstić information content (AvgIpc) is 3.42. The predicted octanol–water partition coefficient (Wildman–Crippen LogP) is 3.69. The smallest absolute Gasteiger partial charge is 0.216 e. The fraction of sp³-hybridized carbons (Fsp3) is 0.391. The van der Waals surface area contributed by atoms with Crippen molar-refractivity contribution in [3.05, 3.63) is 65.2 Å². The number of benzene rings is 1. The van der Waals surface area contributed by atoms with Gasteiger partial charge in [-0.05, 0) is 36.2 Å². The van der Waals surface area contributed by atoms with E-state index in [1.165, 1.54) is 0 Å². The van der Waals surface area contributed by atoms with Gasteiger partial charge >= 0.3 is 0 Å². The van der Waals surface area contributed by atoms with Gasteiger partial charge in [0.25, 0.3) is 0 Å². The quantitative estimate of drug-likeness (QED) is 0.226. The lowest BCUT2D eigenvalue weighted by molar-refractivity contribution is 0.369. The molecule has 174 valence electrons. The summed E-state index contributed by atoms with van der Waals surface area (Å²) in [4.78, 5) is 4.76. The Morgan fingerprint density at radius 2 is 1.91 bits per heavy atom. The maximum atomic E-state index is 5.55. The summed E-state index contributed by atoms with van der Waals surface area (Å²) < 4.78 is 18.0. The Bertz CT molecular complexity index is 968. The van der Waals surface area contributed by atoms with Gasteiger partial charge in [0, 0.05) is 20.0 Å². The molecule has 2 heterocycles. The van der Waals surface area contributed by atoms with Crippen LogP contribution in [0.25, 0.3) is 0 Å². The van der Waals surface area contributed by atoms with Gasteiger partial charge in [0.15, 0.2) is 5.96 Å². The Kier molecular flexibility index (Phi) is 10.4. The van der Waals surface area contributed by atoms with E-state index in [-0.39, 0.29) is 24.0 Å². The van der Waals surface area contributed by atoms with Crippen LogP contribution in [0.2, 0.25) is 0 Å². The van der Waals surface area contributed by atoms with Gasteiger partial charge in [-0.2, -0.15) is 5.10 Å². The minimum absolute atomic E-state index is 0. The molecule has 1 aromatic carbocycles. The molecule has 0 bridgehead atoms. The van der Waals surface area contributed by atoms with E-state index in [2.05, 4.69) is 22.7 Å². The van der Waals surface area contributed by atoms with E-state index in [9.17, 15) is 0 Å². The van der Waals surface area contributed by atoms with Crippen molar-refractivity contribution in [2.75, 3.05) is 20.8 Å². The third kappa shape index (κ3) is 6.91. The molecule has 0 aliphatic rings. The van der Waals surface area contributed by atoms with Crippen molar-refractivity contribution in [2.24, 2.45) is 12.0 Å². The van der Waals surface area contributed by atoms with Crippen molar-refractivity contribution in [1.82, 2.24) is 20.4 Å². The van der Waals surface area contributed by atoms with Crippen LogP contribution in [0.5, 0.6) is 11.6 Å². The number of guanidine groups is 1. The normalized spacial score (nSPS) is 11.1. The van der Waals surface area contributed by atoms with E-state index >= 15 is 0 Å². The molecule has 2 N–H and O–H groups in total. The van der Waals surface area contributed by atoms with Crippen LogP contribution < -0.4 is 20.1 Å². The molecule has 2 aromatic heterocycles. The first-order valence-corrected chi connectivity index (χ1v) is 10.4. The van der Waals surface area contributed by atoms with E-state index in [1.54, 1.807) is 25.2 Å². The summed E-state index contributed by atoms with van der Waals surface area (Å²) in [6.07, 6.45) is 3.29. The lowest BCUT2D eigenvalue weighted by atomic mass is 10.2. The van der Waals surface area contributed by atoms with Gasteiger partial charge in [-0.25, -0.2) is 9.67 Å². The average molecular weight is 553 g/mol. The highest BCUT2D eigenvalue weighted by atomic mass is 127.